The molecule has 0 radical (unpaired) electrons. The van der Waals surface area contributed by atoms with Crippen molar-refractivity contribution in [2.24, 2.45) is 0 Å². The van der Waals surface area contributed by atoms with E-state index in [0.717, 1.165) is 0 Å². The molecular formula is C10H14N2O2S. The molecule has 0 aliphatic rings. The Morgan fingerprint density at radius 1 is 1.53 bits per heavy atom. The smallest absolute Gasteiger partial charge is 0.241 e. The molecule has 1 aromatic rings. The maximum Gasteiger partial charge on any atom is 0.241 e. The molecule has 0 heterocycles. The number of anilines is 1. The summed E-state index contributed by atoms with van der Waals surface area (Å²) < 4.78 is 25.8. The number of benzene rings is 1. The second-order valence-corrected chi connectivity index (χ2v) is 4.90. The predicted octanol–water partition coefficient (Wildman–Crippen LogP) is 1.04. The van der Waals surface area contributed by atoms with Gasteiger partial charge in [-0.15, -0.1) is 6.58 Å². The Labute approximate surface area is 89.9 Å². The maximum atomic E-state index is 11.7. The van der Waals surface area contributed by atoms with Crippen molar-refractivity contribution < 1.29 is 8.42 Å². The van der Waals surface area contributed by atoms with Gasteiger partial charge < -0.3 is 5.73 Å². The average molecular weight is 226 g/mol. The molecule has 3 N–H and O–H groups in total. The Morgan fingerprint density at radius 3 is 2.73 bits per heavy atom. The number of nitrogens with two attached hydrogens (primary N) is 1. The van der Waals surface area contributed by atoms with E-state index in [4.69, 9.17) is 5.73 Å². The van der Waals surface area contributed by atoms with Gasteiger partial charge in [-0.1, -0.05) is 6.08 Å². The van der Waals surface area contributed by atoms with Gasteiger partial charge >= 0.3 is 0 Å². The minimum atomic E-state index is -3.45. The van der Waals surface area contributed by atoms with Crippen LogP contribution in [0, 0.1) is 6.92 Å². The fourth-order valence-corrected chi connectivity index (χ4v) is 2.44. The van der Waals surface area contributed by atoms with Crippen LogP contribution in [0.2, 0.25) is 0 Å². The number of nitrogen functional groups attached to an aromatic ring is 1. The Morgan fingerprint density at radius 2 is 2.20 bits per heavy atom. The fraction of sp³-hybridized carbons (Fsp3) is 0.200. The van der Waals surface area contributed by atoms with Gasteiger partial charge in [0.1, 0.15) is 0 Å². The first-order chi connectivity index (χ1) is 6.97. The summed E-state index contributed by atoms with van der Waals surface area (Å²) in [5.41, 5.74) is 6.72. The summed E-state index contributed by atoms with van der Waals surface area (Å²) in [5, 5.41) is 0. The number of rotatable bonds is 4. The zero-order valence-electron chi connectivity index (χ0n) is 8.53. The highest BCUT2D eigenvalue weighted by Crippen LogP contribution is 2.17. The minimum absolute atomic E-state index is 0.214. The average Bonchev–Trinajstić information content (AvgIpc) is 2.14. The van der Waals surface area contributed by atoms with E-state index in [9.17, 15) is 8.42 Å². The molecule has 5 heteroatoms. The Hall–Kier alpha value is -1.33. The van der Waals surface area contributed by atoms with E-state index in [0.29, 0.717) is 11.3 Å². The molecule has 0 aromatic heterocycles. The topological polar surface area (TPSA) is 72.2 Å². The van der Waals surface area contributed by atoms with Gasteiger partial charge in [-0.2, -0.15) is 0 Å². The highest BCUT2D eigenvalue weighted by Gasteiger charge is 2.15. The molecule has 0 atom stereocenters. The molecule has 0 amide bonds. The lowest BCUT2D eigenvalue weighted by molar-refractivity contribution is 0.585. The van der Waals surface area contributed by atoms with Crippen LogP contribution in [0.3, 0.4) is 0 Å². The van der Waals surface area contributed by atoms with Crippen LogP contribution in [0.1, 0.15) is 5.56 Å². The molecule has 1 aromatic carbocycles. The van der Waals surface area contributed by atoms with Gasteiger partial charge in [0, 0.05) is 12.2 Å². The summed E-state index contributed by atoms with van der Waals surface area (Å²) in [4.78, 5) is 0.249. The van der Waals surface area contributed by atoms with E-state index < -0.39 is 10.0 Å². The van der Waals surface area contributed by atoms with Crippen LogP contribution in [-0.4, -0.2) is 15.0 Å². The lowest BCUT2D eigenvalue weighted by Crippen LogP contribution is -2.24. The Balaban J connectivity index is 3.10. The lowest BCUT2D eigenvalue weighted by Gasteiger charge is -2.08. The molecule has 0 unspecified atom stereocenters. The molecular weight excluding hydrogens is 212 g/mol. The number of hydrogen-bond acceptors (Lipinski definition) is 3. The maximum absolute atomic E-state index is 11.7. The van der Waals surface area contributed by atoms with Crippen LogP contribution in [0.15, 0.2) is 35.7 Å². The summed E-state index contributed by atoms with van der Waals surface area (Å²) in [6, 6.07) is 4.69. The van der Waals surface area contributed by atoms with E-state index in [1.165, 1.54) is 12.1 Å². The summed E-state index contributed by atoms with van der Waals surface area (Å²) in [6.45, 7) is 5.37. The Bertz CT molecular complexity index is 466. The van der Waals surface area contributed by atoms with Gasteiger partial charge in [-0.05, 0) is 30.7 Å². The largest absolute Gasteiger partial charge is 0.399 e. The molecule has 1 rings (SSSR count). The number of nitrogens with one attached hydrogen (secondary N) is 1. The van der Waals surface area contributed by atoms with Crippen molar-refractivity contribution in [3.8, 4) is 0 Å². The summed E-state index contributed by atoms with van der Waals surface area (Å²) >= 11 is 0. The highest BCUT2D eigenvalue weighted by molar-refractivity contribution is 7.89. The van der Waals surface area contributed by atoms with E-state index in [1.807, 2.05) is 0 Å². The first-order valence-electron chi connectivity index (χ1n) is 4.44. The molecule has 0 spiro atoms. The second-order valence-electron chi connectivity index (χ2n) is 3.17. The molecule has 0 aliphatic carbocycles. The summed E-state index contributed by atoms with van der Waals surface area (Å²) in [6.07, 6.45) is 1.49. The van der Waals surface area contributed by atoms with E-state index in [1.54, 1.807) is 19.1 Å². The van der Waals surface area contributed by atoms with Crippen molar-refractivity contribution >= 4 is 15.7 Å². The van der Waals surface area contributed by atoms with Crippen molar-refractivity contribution in [1.29, 1.82) is 0 Å². The molecule has 4 nitrogen and oxygen atoms in total. The number of hydrogen-bond donors (Lipinski definition) is 2. The molecule has 0 saturated carbocycles. The molecule has 0 fully saturated rings. The highest BCUT2D eigenvalue weighted by atomic mass is 32.2. The van der Waals surface area contributed by atoms with E-state index >= 15 is 0 Å². The quantitative estimate of drug-likeness (QED) is 0.595. The number of sulfonamides is 1. The van der Waals surface area contributed by atoms with E-state index in [2.05, 4.69) is 11.3 Å². The molecule has 0 bridgehead atoms. The van der Waals surface area contributed by atoms with Crippen molar-refractivity contribution in [2.75, 3.05) is 12.3 Å². The second kappa shape index (κ2) is 4.46. The first-order valence-corrected chi connectivity index (χ1v) is 5.92. The van der Waals surface area contributed by atoms with Gasteiger partial charge in [0.15, 0.2) is 0 Å². The third-order valence-corrected chi connectivity index (χ3v) is 3.49. The zero-order valence-corrected chi connectivity index (χ0v) is 9.34. The molecule has 0 saturated heterocycles. The van der Waals surface area contributed by atoms with Crippen molar-refractivity contribution in [3.05, 3.63) is 36.4 Å². The molecule has 82 valence electrons. The minimum Gasteiger partial charge on any atom is -0.399 e. The monoisotopic (exact) mass is 226 g/mol. The van der Waals surface area contributed by atoms with Gasteiger partial charge in [0.05, 0.1) is 4.90 Å². The Kier molecular flexibility index (Phi) is 3.49. The van der Waals surface area contributed by atoms with Crippen molar-refractivity contribution in [3.63, 3.8) is 0 Å². The van der Waals surface area contributed by atoms with Crippen LogP contribution in [0.25, 0.3) is 0 Å². The molecule has 15 heavy (non-hydrogen) atoms. The lowest BCUT2D eigenvalue weighted by atomic mass is 10.2. The zero-order chi connectivity index (χ0) is 11.5. The van der Waals surface area contributed by atoms with Crippen molar-refractivity contribution in [1.82, 2.24) is 4.72 Å². The standard InChI is InChI=1S/C10H14N2O2S/c1-3-6-12-15(13,14)10-5-4-9(11)7-8(10)2/h3-5,7,12H,1,6,11H2,2H3. The van der Waals surface area contributed by atoms with Crippen LogP contribution < -0.4 is 10.5 Å². The van der Waals surface area contributed by atoms with Crippen LogP contribution in [0.5, 0.6) is 0 Å². The third kappa shape index (κ3) is 2.81. The van der Waals surface area contributed by atoms with Crippen LogP contribution in [-0.2, 0) is 10.0 Å². The van der Waals surface area contributed by atoms with E-state index in [-0.39, 0.29) is 11.4 Å². The third-order valence-electron chi connectivity index (χ3n) is 1.91. The molecule has 0 aliphatic heterocycles. The van der Waals surface area contributed by atoms with Gasteiger partial charge in [0.25, 0.3) is 0 Å². The van der Waals surface area contributed by atoms with Crippen molar-refractivity contribution in [2.45, 2.75) is 11.8 Å². The van der Waals surface area contributed by atoms with Gasteiger partial charge in [0.2, 0.25) is 10.0 Å². The van der Waals surface area contributed by atoms with Crippen LogP contribution >= 0.6 is 0 Å². The van der Waals surface area contributed by atoms with Gasteiger partial charge in [-0.3, -0.25) is 0 Å². The van der Waals surface area contributed by atoms with Crippen LogP contribution in [0.4, 0.5) is 5.69 Å². The first kappa shape index (κ1) is 11.7. The SMILES string of the molecule is C=CCNS(=O)(=O)c1ccc(N)cc1C. The summed E-state index contributed by atoms with van der Waals surface area (Å²) in [7, 11) is -3.45. The van der Waals surface area contributed by atoms with Gasteiger partial charge in [-0.25, -0.2) is 13.1 Å². The normalized spacial score (nSPS) is 11.3. The fourth-order valence-electron chi connectivity index (χ4n) is 1.22. The predicted molar refractivity (Wildman–Crippen MR) is 61.0 cm³/mol. The number of aryl methyl sites for hydroxylation is 1. The summed E-state index contributed by atoms with van der Waals surface area (Å²) in [5.74, 6) is 0.